The van der Waals surface area contributed by atoms with Gasteiger partial charge >= 0.3 is 0 Å². The summed E-state index contributed by atoms with van der Waals surface area (Å²) in [6.07, 6.45) is 4.11. The molecule has 2 aromatic rings. The summed E-state index contributed by atoms with van der Waals surface area (Å²) in [7, 11) is 0. The van der Waals surface area contributed by atoms with Gasteiger partial charge in [0.1, 0.15) is 5.82 Å². The molecule has 148 valence electrons. The van der Waals surface area contributed by atoms with E-state index >= 15 is 0 Å². The topological polar surface area (TPSA) is 54.9 Å². The lowest BCUT2D eigenvalue weighted by Gasteiger charge is -2.43. The van der Waals surface area contributed by atoms with Gasteiger partial charge in [-0.05, 0) is 36.2 Å². The van der Waals surface area contributed by atoms with Crippen LogP contribution in [0.2, 0.25) is 0 Å². The number of carbonyl (C=O) groups is 1. The molecular formula is C21H24FN3O3. The van der Waals surface area contributed by atoms with Gasteiger partial charge in [-0.1, -0.05) is 12.1 Å². The van der Waals surface area contributed by atoms with Gasteiger partial charge < -0.3 is 14.4 Å². The highest BCUT2D eigenvalue weighted by Crippen LogP contribution is 2.26. The van der Waals surface area contributed by atoms with Crippen molar-refractivity contribution in [1.82, 2.24) is 14.8 Å². The van der Waals surface area contributed by atoms with Crippen LogP contribution in [0.1, 0.15) is 22.3 Å². The Bertz CT molecular complexity index is 802. The van der Waals surface area contributed by atoms with E-state index in [9.17, 15) is 9.18 Å². The summed E-state index contributed by atoms with van der Waals surface area (Å²) >= 11 is 0. The molecule has 3 heterocycles. The molecule has 4 rings (SSSR count). The lowest BCUT2D eigenvalue weighted by atomic mass is 10.1. The van der Waals surface area contributed by atoms with Crippen molar-refractivity contribution in [3.8, 4) is 0 Å². The maximum atomic E-state index is 13.2. The average Bonchev–Trinajstić information content (AvgIpc) is 2.91. The van der Waals surface area contributed by atoms with Crippen LogP contribution in [0.4, 0.5) is 4.39 Å². The molecule has 7 heteroatoms. The van der Waals surface area contributed by atoms with Crippen LogP contribution >= 0.6 is 0 Å². The number of rotatable bonds is 3. The van der Waals surface area contributed by atoms with E-state index in [0.717, 1.165) is 18.5 Å². The third kappa shape index (κ3) is 4.38. The molecule has 1 aromatic carbocycles. The second-order valence-electron chi connectivity index (χ2n) is 7.27. The lowest BCUT2D eigenvalue weighted by Crippen LogP contribution is -2.59. The second kappa shape index (κ2) is 8.34. The fourth-order valence-corrected chi connectivity index (χ4v) is 3.78. The largest absolute Gasteiger partial charge is 0.347 e. The van der Waals surface area contributed by atoms with Crippen LogP contribution in [0, 0.1) is 5.82 Å². The van der Waals surface area contributed by atoms with E-state index in [-0.39, 0.29) is 11.7 Å². The van der Waals surface area contributed by atoms with Crippen molar-refractivity contribution < 1.29 is 18.7 Å². The molecule has 0 radical (unpaired) electrons. The molecule has 1 atom stereocenters. The zero-order valence-electron chi connectivity index (χ0n) is 15.7. The van der Waals surface area contributed by atoms with Crippen LogP contribution in [-0.2, 0) is 16.0 Å². The van der Waals surface area contributed by atoms with Gasteiger partial charge in [-0.15, -0.1) is 0 Å². The fourth-order valence-electron chi connectivity index (χ4n) is 3.78. The summed E-state index contributed by atoms with van der Waals surface area (Å²) < 4.78 is 25.3. The number of hydrogen-bond donors (Lipinski definition) is 0. The third-order valence-electron chi connectivity index (χ3n) is 5.12. The maximum absolute atomic E-state index is 13.2. The minimum atomic E-state index is -0.841. The number of halogens is 1. The molecule has 1 aromatic heterocycles. The highest BCUT2D eigenvalue weighted by atomic mass is 19.1. The number of amides is 1. The number of aromatic nitrogens is 1. The zero-order chi connectivity index (χ0) is 19.4. The molecule has 0 bridgehead atoms. The smallest absolute Gasteiger partial charge is 0.255 e. The minimum absolute atomic E-state index is 0.0614. The van der Waals surface area contributed by atoms with E-state index in [1.165, 1.54) is 12.1 Å². The summed E-state index contributed by atoms with van der Waals surface area (Å²) in [4.78, 5) is 20.9. The Morgan fingerprint density at radius 1 is 1.11 bits per heavy atom. The van der Waals surface area contributed by atoms with E-state index in [1.807, 2.05) is 0 Å². The first-order valence-corrected chi connectivity index (χ1v) is 9.58. The third-order valence-corrected chi connectivity index (χ3v) is 5.12. The number of pyridine rings is 1. The first-order chi connectivity index (χ1) is 13.6. The van der Waals surface area contributed by atoms with Crippen molar-refractivity contribution in [2.24, 2.45) is 0 Å². The van der Waals surface area contributed by atoms with E-state index in [1.54, 1.807) is 41.6 Å². The zero-order valence-corrected chi connectivity index (χ0v) is 15.7. The number of benzene rings is 1. The van der Waals surface area contributed by atoms with Crippen molar-refractivity contribution >= 4 is 5.91 Å². The Balaban J connectivity index is 1.47. The standard InChI is InChI=1S/C21H24FN3O3/c22-19-6-4-17(5-7-19)14-24-9-2-11-27-21(15-24)16-25(10-12-28-21)20(26)18-3-1-8-23-13-18/h1,3-8,13H,2,9-12,14-16H2. The van der Waals surface area contributed by atoms with Crippen LogP contribution < -0.4 is 0 Å². The molecule has 1 spiro atoms. The van der Waals surface area contributed by atoms with Crippen LogP contribution in [0.5, 0.6) is 0 Å². The van der Waals surface area contributed by atoms with Crippen LogP contribution in [0.15, 0.2) is 48.8 Å². The Morgan fingerprint density at radius 2 is 1.93 bits per heavy atom. The van der Waals surface area contributed by atoms with Crippen molar-refractivity contribution in [2.45, 2.75) is 18.8 Å². The van der Waals surface area contributed by atoms with Gasteiger partial charge in [0.15, 0.2) is 5.79 Å². The van der Waals surface area contributed by atoms with Crippen LogP contribution in [0.3, 0.4) is 0 Å². The average molecular weight is 385 g/mol. The number of hydrogen-bond acceptors (Lipinski definition) is 5. The Hall–Kier alpha value is -2.35. The summed E-state index contributed by atoms with van der Waals surface area (Å²) in [5.41, 5.74) is 1.61. The fraction of sp³-hybridized carbons (Fsp3) is 0.429. The minimum Gasteiger partial charge on any atom is -0.347 e. The monoisotopic (exact) mass is 385 g/mol. The van der Waals surface area contributed by atoms with Crippen molar-refractivity contribution in [3.05, 3.63) is 65.7 Å². The van der Waals surface area contributed by atoms with Gasteiger partial charge in [0.2, 0.25) is 0 Å². The summed E-state index contributed by atoms with van der Waals surface area (Å²) in [6.45, 7) is 4.01. The van der Waals surface area contributed by atoms with Crippen LogP contribution in [0.25, 0.3) is 0 Å². The van der Waals surface area contributed by atoms with E-state index in [4.69, 9.17) is 9.47 Å². The Morgan fingerprint density at radius 3 is 2.71 bits per heavy atom. The highest BCUT2D eigenvalue weighted by Gasteiger charge is 2.42. The molecular weight excluding hydrogens is 361 g/mol. The Labute approximate surface area is 163 Å². The SMILES string of the molecule is O=C(c1cccnc1)N1CCOC2(CN(Cc3ccc(F)cc3)CCCO2)C1. The molecule has 6 nitrogen and oxygen atoms in total. The molecule has 0 N–H and O–H groups in total. The van der Waals surface area contributed by atoms with Gasteiger partial charge in [0, 0.05) is 32.0 Å². The molecule has 28 heavy (non-hydrogen) atoms. The maximum Gasteiger partial charge on any atom is 0.255 e. The molecule has 1 amide bonds. The van der Waals surface area contributed by atoms with Crippen molar-refractivity contribution in [3.63, 3.8) is 0 Å². The lowest BCUT2D eigenvalue weighted by molar-refractivity contribution is -0.261. The molecule has 2 aliphatic rings. The molecule has 0 aliphatic carbocycles. The second-order valence-corrected chi connectivity index (χ2v) is 7.27. The summed E-state index contributed by atoms with van der Waals surface area (Å²) in [6, 6.07) is 10.1. The molecule has 2 fully saturated rings. The van der Waals surface area contributed by atoms with Crippen LogP contribution in [-0.4, -0.2) is 65.9 Å². The first-order valence-electron chi connectivity index (χ1n) is 9.58. The van der Waals surface area contributed by atoms with Gasteiger partial charge in [-0.2, -0.15) is 0 Å². The predicted octanol–water partition coefficient (Wildman–Crippen LogP) is 2.31. The Kier molecular flexibility index (Phi) is 5.66. The number of carbonyl (C=O) groups excluding carboxylic acids is 1. The van der Waals surface area contributed by atoms with Gasteiger partial charge in [-0.3, -0.25) is 14.7 Å². The number of ether oxygens (including phenoxy) is 2. The number of nitrogens with zero attached hydrogens (tertiary/aromatic N) is 3. The molecule has 2 saturated heterocycles. The van der Waals surface area contributed by atoms with Crippen molar-refractivity contribution in [2.75, 3.05) is 39.4 Å². The summed E-state index contributed by atoms with van der Waals surface area (Å²) in [5, 5.41) is 0. The first kappa shape index (κ1) is 19.0. The number of morpholine rings is 1. The van der Waals surface area contributed by atoms with Gasteiger partial charge in [0.05, 0.1) is 31.9 Å². The van der Waals surface area contributed by atoms with E-state index in [2.05, 4.69) is 9.88 Å². The van der Waals surface area contributed by atoms with Gasteiger partial charge in [0.25, 0.3) is 5.91 Å². The molecule has 0 saturated carbocycles. The van der Waals surface area contributed by atoms with Gasteiger partial charge in [-0.25, -0.2) is 4.39 Å². The molecule has 1 unspecified atom stereocenters. The van der Waals surface area contributed by atoms with Crippen molar-refractivity contribution in [1.29, 1.82) is 0 Å². The molecule has 2 aliphatic heterocycles. The van der Waals surface area contributed by atoms with E-state index < -0.39 is 5.79 Å². The van der Waals surface area contributed by atoms with E-state index in [0.29, 0.717) is 45.0 Å². The highest BCUT2D eigenvalue weighted by molar-refractivity contribution is 5.94. The summed E-state index contributed by atoms with van der Waals surface area (Å²) in [5.74, 6) is -1.14. The predicted molar refractivity (Wildman–Crippen MR) is 101 cm³/mol. The normalized spacial score (nSPS) is 23.5. The quantitative estimate of drug-likeness (QED) is 0.812.